The number of likely N-dealkylation sites (N-methyl/N-ethyl adjacent to an activating group) is 1. The van der Waals surface area contributed by atoms with Crippen LogP contribution in [0.4, 0.5) is 0 Å². The summed E-state index contributed by atoms with van der Waals surface area (Å²) in [4.78, 5) is 13.4. The number of benzene rings is 1. The van der Waals surface area contributed by atoms with Crippen LogP contribution in [0.25, 0.3) is 0 Å². The molecule has 16 heavy (non-hydrogen) atoms. The fourth-order valence-corrected chi connectivity index (χ4v) is 1.55. The van der Waals surface area contributed by atoms with E-state index in [9.17, 15) is 4.79 Å². The summed E-state index contributed by atoms with van der Waals surface area (Å²) in [5.74, 6) is -0.0811. The first-order valence-electron chi connectivity index (χ1n) is 5.09. The van der Waals surface area contributed by atoms with Crippen molar-refractivity contribution in [3.8, 4) is 0 Å². The van der Waals surface area contributed by atoms with Crippen molar-refractivity contribution in [3.05, 3.63) is 34.9 Å². The molecular weight excluding hydrogens is 224 g/mol. The minimum atomic E-state index is -0.832. The maximum absolute atomic E-state index is 11.8. The topological polar surface area (TPSA) is 46.3 Å². The molecule has 0 aliphatic carbocycles. The molecule has 3 nitrogen and oxygen atoms in total. The Balaban J connectivity index is 2.68. The van der Waals surface area contributed by atoms with Crippen LogP contribution in [-0.4, -0.2) is 23.4 Å². The minimum absolute atomic E-state index is 0.0811. The highest BCUT2D eigenvalue weighted by molar-refractivity contribution is 6.30. The third-order valence-electron chi connectivity index (χ3n) is 2.23. The van der Waals surface area contributed by atoms with E-state index < -0.39 is 5.54 Å². The smallest absolute Gasteiger partial charge is 0.242 e. The van der Waals surface area contributed by atoms with E-state index in [1.54, 1.807) is 25.8 Å². The summed E-state index contributed by atoms with van der Waals surface area (Å²) in [6.45, 7) is 3.94. The molecule has 0 spiro atoms. The van der Waals surface area contributed by atoms with E-state index in [2.05, 4.69) is 0 Å². The molecule has 88 valence electrons. The van der Waals surface area contributed by atoms with Gasteiger partial charge in [-0.15, -0.1) is 0 Å². The van der Waals surface area contributed by atoms with Gasteiger partial charge < -0.3 is 10.6 Å². The molecule has 0 atom stereocenters. The van der Waals surface area contributed by atoms with E-state index in [-0.39, 0.29) is 5.91 Å². The van der Waals surface area contributed by atoms with E-state index >= 15 is 0 Å². The van der Waals surface area contributed by atoms with Gasteiger partial charge in [-0.25, -0.2) is 0 Å². The zero-order chi connectivity index (χ0) is 12.3. The molecule has 0 bridgehead atoms. The maximum atomic E-state index is 11.8. The highest BCUT2D eigenvalue weighted by Crippen LogP contribution is 2.12. The quantitative estimate of drug-likeness (QED) is 0.879. The van der Waals surface area contributed by atoms with Crippen LogP contribution in [0.2, 0.25) is 5.02 Å². The lowest BCUT2D eigenvalue weighted by Crippen LogP contribution is -2.49. The van der Waals surface area contributed by atoms with Gasteiger partial charge in [0.15, 0.2) is 0 Å². The molecule has 2 N–H and O–H groups in total. The fraction of sp³-hybridized carbons (Fsp3) is 0.417. The molecule has 0 unspecified atom stereocenters. The molecule has 0 aliphatic heterocycles. The lowest BCUT2D eigenvalue weighted by Gasteiger charge is -2.25. The molecule has 1 aromatic rings. The number of halogens is 1. The van der Waals surface area contributed by atoms with Gasteiger partial charge in [-0.3, -0.25) is 4.79 Å². The largest absolute Gasteiger partial charge is 0.340 e. The molecule has 1 amide bonds. The number of hydrogen-bond donors (Lipinski definition) is 1. The summed E-state index contributed by atoms with van der Waals surface area (Å²) in [6.07, 6.45) is 0. The van der Waals surface area contributed by atoms with Gasteiger partial charge in [-0.05, 0) is 31.5 Å². The van der Waals surface area contributed by atoms with Crippen molar-refractivity contribution < 1.29 is 4.79 Å². The molecular formula is C12H17ClN2O. The number of carbonyl (C=O) groups is 1. The first-order chi connectivity index (χ1) is 7.30. The number of amides is 1. The molecule has 0 aromatic heterocycles. The number of nitrogens with two attached hydrogens (primary N) is 1. The summed E-state index contributed by atoms with van der Waals surface area (Å²) >= 11 is 5.78. The predicted molar refractivity (Wildman–Crippen MR) is 66.2 cm³/mol. The number of nitrogens with zero attached hydrogens (tertiary/aromatic N) is 1. The molecule has 1 aromatic carbocycles. The molecule has 1 rings (SSSR count). The minimum Gasteiger partial charge on any atom is -0.340 e. The van der Waals surface area contributed by atoms with E-state index in [1.807, 2.05) is 24.3 Å². The second-order valence-corrected chi connectivity index (χ2v) is 4.95. The van der Waals surface area contributed by atoms with Crippen LogP contribution in [-0.2, 0) is 11.3 Å². The van der Waals surface area contributed by atoms with Crippen molar-refractivity contribution in [2.45, 2.75) is 25.9 Å². The summed E-state index contributed by atoms with van der Waals surface area (Å²) in [5.41, 5.74) is 5.95. The van der Waals surface area contributed by atoms with E-state index in [0.29, 0.717) is 11.6 Å². The van der Waals surface area contributed by atoms with Crippen LogP contribution >= 0.6 is 11.6 Å². The molecule has 0 radical (unpaired) electrons. The van der Waals surface area contributed by atoms with Gasteiger partial charge in [0, 0.05) is 18.6 Å². The Kier molecular flexibility index (Phi) is 3.94. The summed E-state index contributed by atoms with van der Waals surface area (Å²) in [5, 5.41) is 0.692. The fourth-order valence-electron chi connectivity index (χ4n) is 1.43. The van der Waals surface area contributed by atoms with Crippen molar-refractivity contribution in [3.63, 3.8) is 0 Å². The Morgan fingerprint density at radius 3 is 2.31 bits per heavy atom. The van der Waals surface area contributed by atoms with Gasteiger partial charge >= 0.3 is 0 Å². The van der Waals surface area contributed by atoms with E-state index in [0.717, 1.165) is 5.56 Å². The van der Waals surface area contributed by atoms with Crippen molar-refractivity contribution >= 4 is 17.5 Å². The van der Waals surface area contributed by atoms with Gasteiger partial charge in [0.25, 0.3) is 0 Å². The Morgan fingerprint density at radius 1 is 1.38 bits per heavy atom. The van der Waals surface area contributed by atoms with Gasteiger partial charge in [0.05, 0.1) is 5.54 Å². The Hall–Kier alpha value is -1.06. The predicted octanol–water partition coefficient (Wildman–Crippen LogP) is 2.04. The zero-order valence-corrected chi connectivity index (χ0v) is 10.6. The highest BCUT2D eigenvalue weighted by Gasteiger charge is 2.25. The van der Waals surface area contributed by atoms with Crippen molar-refractivity contribution in [2.24, 2.45) is 5.73 Å². The average Bonchev–Trinajstić information content (AvgIpc) is 2.19. The second-order valence-electron chi connectivity index (χ2n) is 4.51. The standard InChI is InChI=1S/C12H17ClN2O/c1-12(2,14)11(16)15(3)8-9-4-6-10(13)7-5-9/h4-7H,8,14H2,1-3H3. The van der Waals surface area contributed by atoms with Gasteiger partial charge in [0.1, 0.15) is 0 Å². The maximum Gasteiger partial charge on any atom is 0.242 e. The third kappa shape index (κ3) is 3.51. The Morgan fingerprint density at radius 2 is 1.88 bits per heavy atom. The van der Waals surface area contributed by atoms with Gasteiger partial charge in [0.2, 0.25) is 5.91 Å². The lowest BCUT2D eigenvalue weighted by molar-refractivity contribution is -0.134. The average molecular weight is 241 g/mol. The zero-order valence-electron chi connectivity index (χ0n) is 9.83. The second kappa shape index (κ2) is 4.85. The molecule has 0 saturated heterocycles. The van der Waals surface area contributed by atoms with Crippen molar-refractivity contribution in [2.75, 3.05) is 7.05 Å². The molecule has 4 heteroatoms. The molecule has 0 saturated carbocycles. The molecule has 0 fully saturated rings. The van der Waals surface area contributed by atoms with Crippen LogP contribution < -0.4 is 5.73 Å². The Bertz CT molecular complexity index is 368. The normalized spacial score (nSPS) is 11.3. The SMILES string of the molecule is CN(Cc1ccc(Cl)cc1)C(=O)C(C)(C)N. The van der Waals surface area contributed by atoms with Crippen LogP contribution in [0.15, 0.2) is 24.3 Å². The van der Waals surface area contributed by atoms with Gasteiger partial charge in [-0.1, -0.05) is 23.7 Å². The van der Waals surface area contributed by atoms with Crippen molar-refractivity contribution in [1.82, 2.24) is 4.90 Å². The Labute approximate surface area is 101 Å². The highest BCUT2D eigenvalue weighted by atomic mass is 35.5. The van der Waals surface area contributed by atoms with Crippen LogP contribution in [0, 0.1) is 0 Å². The van der Waals surface area contributed by atoms with Gasteiger partial charge in [-0.2, -0.15) is 0 Å². The van der Waals surface area contributed by atoms with Crippen LogP contribution in [0.5, 0.6) is 0 Å². The lowest BCUT2D eigenvalue weighted by atomic mass is 10.1. The van der Waals surface area contributed by atoms with E-state index in [1.165, 1.54) is 0 Å². The monoisotopic (exact) mass is 240 g/mol. The third-order valence-corrected chi connectivity index (χ3v) is 2.48. The summed E-state index contributed by atoms with van der Waals surface area (Å²) in [7, 11) is 1.74. The number of rotatable bonds is 3. The van der Waals surface area contributed by atoms with Crippen molar-refractivity contribution in [1.29, 1.82) is 0 Å². The summed E-state index contributed by atoms with van der Waals surface area (Å²) < 4.78 is 0. The first kappa shape index (κ1) is 13.0. The molecule has 0 heterocycles. The first-order valence-corrected chi connectivity index (χ1v) is 5.47. The van der Waals surface area contributed by atoms with E-state index in [4.69, 9.17) is 17.3 Å². The summed E-state index contributed by atoms with van der Waals surface area (Å²) in [6, 6.07) is 7.41. The molecule has 0 aliphatic rings. The number of carbonyl (C=O) groups excluding carboxylic acids is 1. The number of hydrogen-bond acceptors (Lipinski definition) is 2. The van der Waals surface area contributed by atoms with Crippen LogP contribution in [0.3, 0.4) is 0 Å². The van der Waals surface area contributed by atoms with Crippen LogP contribution in [0.1, 0.15) is 19.4 Å².